The summed E-state index contributed by atoms with van der Waals surface area (Å²) >= 11 is 5.81. The molecule has 0 aliphatic rings. The van der Waals surface area contributed by atoms with Crippen LogP contribution in [0.5, 0.6) is 5.75 Å². The first kappa shape index (κ1) is 10.5. The number of benzene rings is 1. The second-order valence-electron chi connectivity index (χ2n) is 2.94. The highest BCUT2D eigenvalue weighted by molar-refractivity contribution is 6.32. The van der Waals surface area contributed by atoms with Gasteiger partial charge in [-0.05, 0) is 12.1 Å². The van der Waals surface area contributed by atoms with Crippen molar-refractivity contribution in [1.82, 2.24) is 5.16 Å². The maximum absolute atomic E-state index is 11.5. The Kier molecular flexibility index (Phi) is 2.78. The van der Waals surface area contributed by atoms with Gasteiger partial charge >= 0.3 is 5.97 Å². The largest absolute Gasteiger partial charge is 0.419 e. The van der Waals surface area contributed by atoms with E-state index in [1.54, 1.807) is 24.3 Å². The van der Waals surface area contributed by atoms with Gasteiger partial charge in [0, 0.05) is 6.07 Å². The van der Waals surface area contributed by atoms with Crippen LogP contribution in [-0.4, -0.2) is 11.1 Å². The van der Waals surface area contributed by atoms with Crippen molar-refractivity contribution in [3.8, 4) is 5.75 Å². The first-order chi connectivity index (χ1) is 7.66. The number of nitrogens with zero attached hydrogens (tertiary/aromatic N) is 1. The normalized spacial score (nSPS) is 10.1. The fourth-order valence-electron chi connectivity index (χ4n) is 1.06. The van der Waals surface area contributed by atoms with Crippen molar-refractivity contribution < 1.29 is 14.1 Å². The molecule has 1 aromatic heterocycles. The highest BCUT2D eigenvalue weighted by Gasteiger charge is 2.15. The van der Waals surface area contributed by atoms with E-state index in [9.17, 15) is 4.79 Å². The Labute approximate surface area is 95.7 Å². The number of carbonyl (C=O) groups is 1. The average Bonchev–Trinajstić information content (AvgIpc) is 2.68. The maximum atomic E-state index is 11.5. The van der Waals surface area contributed by atoms with Crippen LogP contribution < -0.4 is 10.5 Å². The van der Waals surface area contributed by atoms with Gasteiger partial charge in [-0.3, -0.25) is 0 Å². The van der Waals surface area contributed by atoms with E-state index in [1.165, 1.54) is 6.07 Å². The van der Waals surface area contributed by atoms with Gasteiger partial charge in [0.25, 0.3) is 0 Å². The van der Waals surface area contributed by atoms with E-state index in [2.05, 4.69) is 9.68 Å². The molecule has 6 heteroatoms. The summed E-state index contributed by atoms with van der Waals surface area (Å²) in [5.74, 6) is -0.398. The Morgan fingerprint density at radius 2 is 2.19 bits per heavy atom. The number of halogens is 1. The van der Waals surface area contributed by atoms with Gasteiger partial charge in [-0.15, -0.1) is 0 Å². The summed E-state index contributed by atoms with van der Waals surface area (Å²) in [5.41, 5.74) is 5.30. The molecule has 0 unspecified atom stereocenters. The van der Waals surface area contributed by atoms with Gasteiger partial charge in [0.2, 0.25) is 5.76 Å². The van der Waals surface area contributed by atoms with Gasteiger partial charge < -0.3 is 15.0 Å². The number of carbonyl (C=O) groups excluding carboxylic acids is 1. The van der Waals surface area contributed by atoms with E-state index in [0.717, 1.165) is 0 Å². The molecule has 0 aliphatic carbocycles. The smallest absolute Gasteiger partial charge is 0.382 e. The van der Waals surface area contributed by atoms with Crippen LogP contribution in [0.3, 0.4) is 0 Å². The van der Waals surface area contributed by atoms with E-state index in [4.69, 9.17) is 22.1 Å². The molecule has 0 fully saturated rings. The number of para-hydroxylation sites is 1. The van der Waals surface area contributed by atoms with Crippen molar-refractivity contribution in [1.29, 1.82) is 0 Å². The van der Waals surface area contributed by atoms with Crippen LogP contribution in [0.2, 0.25) is 5.02 Å². The summed E-state index contributed by atoms with van der Waals surface area (Å²) in [5, 5.41) is 3.71. The van der Waals surface area contributed by atoms with E-state index < -0.39 is 5.97 Å². The second kappa shape index (κ2) is 4.24. The molecule has 0 amide bonds. The van der Waals surface area contributed by atoms with Crippen LogP contribution in [-0.2, 0) is 0 Å². The minimum atomic E-state index is -0.697. The summed E-state index contributed by atoms with van der Waals surface area (Å²) in [6, 6.07) is 7.88. The predicted octanol–water partition coefficient (Wildman–Crippen LogP) is 2.13. The second-order valence-corrected chi connectivity index (χ2v) is 3.34. The van der Waals surface area contributed by atoms with Gasteiger partial charge in [0.05, 0.1) is 5.02 Å². The lowest BCUT2D eigenvalue weighted by atomic mass is 10.3. The monoisotopic (exact) mass is 238 g/mol. The van der Waals surface area contributed by atoms with E-state index in [-0.39, 0.29) is 17.3 Å². The predicted molar refractivity (Wildman–Crippen MR) is 57.3 cm³/mol. The number of anilines is 1. The molecular formula is C10H7ClN2O3. The molecular weight excluding hydrogens is 232 g/mol. The number of ether oxygens (including phenoxy) is 1. The summed E-state index contributed by atoms with van der Waals surface area (Å²) < 4.78 is 9.63. The number of esters is 1. The van der Waals surface area contributed by atoms with Crippen molar-refractivity contribution in [2.45, 2.75) is 0 Å². The molecule has 0 radical (unpaired) electrons. The summed E-state index contributed by atoms with van der Waals surface area (Å²) in [4.78, 5) is 11.5. The number of hydrogen-bond donors (Lipinski definition) is 1. The van der Waals surface area contributed by atoms with Crippen molar-refractivity contribution in [3.63, 3.8) is 0 Å². The Morgan fingerprint density at radius 3 is 2.81 bits per heavy atom. The van der Waals surface area contributed by atoms with Gasteiger partial charge in [0.1, 0.15) is 5.75 Å². The zero-order chi connectivity index (χ0) is 11.5. The Morgan fingerprint density at radius 1 is 1.44 bits per heavy atom. The van der Waals surface area contributed by atoms with Crippen LogP contribution in [0.4, 0.5) is 5.82 Å². The number of nitrogens with two attached hydrogens (primary N) is 1. The Hall–Kier alpha value is -2.01. The third-order valence-corrected chi connectivity index (χ3v) is 2.08. The lowest BCUT2D eigenvalue weighted by Crippen LogP contribution is -2.07. The highest BCUT2D eigenvalue weighted by Crippen LogP contribution is 2.24. The van der Waals surface area contributed by atoms with Crippen LogP contribution in [0.15, 0.2) is 34.9 Å². The van der Waals surface area contributed by atoms with Crippen LogP contribution in [0.25, 0.3) is 0 Å². The van der Waals surface area contributed by atoms with Crippen LogP contribution >= 0.6 is 11.6 Å². The molecule has 0 bridgehead atoms. The molecule has 1 aromatic carbocycles. The number of hydrogen-bond acceptors (Lipinski definition) is 5. The first-order valence-corrected chi connectivity index (χ1v) is 4.73. The van der Waals surface area contributed by atoms with Crippen molar-refractivity contribution >= 4 is 23.4 Å². The quantitative estimate of drug-likeness (QED) is 0.641. The highest BCUT2D eigenvalue weighted by atomic mass is 35.5. The number of nitrogen functional groups attached to an aromatic ring is 1. The minimum absolute atomic E-state index is 0.0718. The number of rotatable bonds is 2. The van der Waals surface area contributed by atoms with E-state index >= 15 is 0 Å². The molecule has 2 N–H and O–H groups in total. The fraction of sp³-hybridized carbons (Fsp3) is 0. The van der Waals surface area contributed by atoms with Crippen molar-refractivity contribution in [3.05, 3.63) is 41.1 Å². The van der Waals surface area contributed by atoms with Crippen LogP contribution in [0, 0.1) is 0 Å². The van der Waals surface area contributed by atoms with Crippen molar-refractivity contribution in [2.24, 2.45) is 0 Å². The molecule has 2 aromatic rings. The molecule has 2 rings (SSSR count). The Bertz CT molecular complexity index is 524. The summed E-state index contributed by atoms with van der Waals surface area (Å²) in [6.07, 6.45) is 0. The Balaban J connectivity index is 2.17. The molecule has 1 heterocycles. The van der Waals surface area contributed by atoms with Gasteiger partial charge in [-0.1, -0.05) is 28.9 Å². The maximum Gasteiger partial charge on any atom is 0.382 e. The zero-order valence-electron chi connectivity index (χ0n) is 8.01. The molecule has 0 atom stereocenters. The van der Waals surface area contributed by atoms with E-state index in [1.807, 2.05) is 0 Å². The third kappa shape index (κ3) is 2.14. The van der Waals surface area contributed by atoms with Gasteiger partial charge in [-0.25, -0.2) is 4.79 Å². The lowest BCUT2D eigenvalue weighted by molar-refractivity contribution is 0.0691. The standard InChI is InChI=1S/C10H7ClN2O3/c11-6-3-1-2-4-7(6)15-10(14)8-5-9(12)13-16-8/h1-5H,(H2,12,13). The molecule has 0 spiro atoms. The zero-order valence-corrected chi connectivity index (χ0v) is 8.77. The molecule has 16 heavy (non-hydrogen) atoms. The summed E-state index contributed by atoms with van der Waals surface area (Å²) in [6.45, 7) is 0. The molecule has 0 saturated carbocycles. The molecule has 5 nitrogen and oxygen atoms in total. The molecule has 82 valence electrons. The average molecular weight is 239 g/mol. The minimum Gasteiger partial charge on any atom is -0.419 e. The third-order valence-electron chi connectivity index (χ3n) is 1.77. The fourth-order valence-corrected chi connectivity index (χ4v) is 1.24. The summed E-state index contributed by atoms with van der Waals surface area (Å²) in [7, 11) is 0. The molecule has 0 saturated heterocycles. The molecule has 0 aliphatic heterocycles. The number of aromatic nitrogens is 1. The van der Waals surface area contributed by atoms with Crippen molar-refractivity contribution in [2.75, 3.05) is 5.73 Å². The van der Waals surface area contributed by atoms with Gasteiger partial charge in [0.15, 0.2) is 5.82 Å². The SMILES string of the molecule is Nc1cc(C(=O)Oc2ccccc2Cl)on1. The lowest BCUT2D eigenvalue weighted by Gasteiger charge is -2.02. The topological polar surface area (TPSA) is 78.4 Å². The van der Waals surface area contributed by atoms with Crippen LogP contribution in [0.1, 0.15) is 10.6 Å². The van der Waals surface area contributed by atoms with E-state index in [0.29, 0.717) is 5.02 Å². The first-order valence-electron chi connectivity index (χ1n) is 4.36. The van der Waals surface area contributed by atoms with Gasteiger partial charge in [-0.2, -0.15) is 0 Å².